The van der Waals surface area contributed by atoms with Crippen molar-refractivity contribution >= 4 is 5.97 Å². The van der Waals surface area contributed by atoms with Crippen molar-refractivity contribution < 1.29 is 9.90 Å². The third-order valence-corrected chi connectivity index (χ3v) is 2.65. The molecule has 0 aromatic heterocycles. The second-order valence-electron chi connectivity index (χ2n) is 3.14. The van der Waals surface area contributed by atoms with Gasteiger partial charge in [0.15, 0.2) is 0 Å². The fraction of sp³-hybridized carbons (Fsp3) is 0.857. The summed E-state index contributed by atoms with van der Waals surface area (Å²) in [5.74, 6) is -0.580. The Morgan fingerprint density at radius 1 is 1.67 bits per heavy atom. The van der Waals surface area contributed by atoms with Crippen LogP contribution in [0.3, 0.4) is 0 Å². The van der Waals surface area contributed by atoms with Gasteiger partial charge in [0.25, 0.3) is 0 Å². The highest BCUT2D eigenvalue weighted by molar-refractivity contribution is 5.75. The highest BCUT2D eigenvalue weighted by atomic mass is 16.4. The molecular weight excluding hydrogens is 116 g/mol. The predicted octanol–water partition coefficient (Wildman–Crippen LogP) is 1.38. The smallest absolute Gasteiger partial charge is 0.247 e. The molecule has 0 aromatic rings. The summed E-state index contributed by atoms with van der Waals surface area (Å²) >= 11 is 0. The zero-order chi connectivity index (χ0) is 7.07. The third-order valence-electron chi connectivity index (χ3n) is 2.65. The molecule has 1 radical (unpaired) electrons. The van der Waals surface area contributed by atoms with E-state index in [1.807, 2.05) is 6.92 Å². The zero-order valence-electron chi connectivity index (χ0n) is 5.81. The van der Waals surface area contributed by atoms with Crippen molar-refractivity contribution in [3.8, 4) is 0 Å². The molecule has 2 nitrogen and oxygen atoms in total. The highest BCUT2D eigenvalue weighted by Gasteiger charge is 2.47. The summed E-state index contributed by atoms with van der Waals surface area (Å²) in [4.78, 5) is 10.4. The van der Waals surface area contributed by atoms with E-state index < -0.39 is 11.4 Å². The van der Waals surface area contributed by atoms with Crippen molar-refractivity contribution in [3.05, 3.63) is 0 Å². The van der Waals surface area contributed by atoms with Gasteiger partial charge in [0.05, 0.1) is 5.41 Å². The Balaban J connectivity index is 2.64. The van der Waals surface area contributed by atoms with Crippen molar-refractivity contribution in [1.82, 2.24) is 0 Å². The Kier molecular flexibility index (Phi) is 1.26. The molecule has 0 N–H and O–H groups in total. The molecule has 1 fully saturated rings. The van der Waals surface area contributed by atoms with Gasteiger partial charge in [0.2, 0.25) is 0 Å². The van der Waals surface area contributed by atoms with Crippen LogP contribution >= 0.6 is 0 Å². The molecule has 1 saturated carbocycles. The van der Waals surface area contributed by atoms with Crippen molar-refractivity contribution in [2.45, 2.75) is 26.7 Å². The SMILES string of the molecule is CC1CCC1(C)C([O])=O. The lowest BCUT2D eigenvalue weighted by Gasteiger charge is -2.40. The lowest BCUT2D eigenvalue weighted by atomic mass is 9.62. The molecule has 0 aromatic carbocycles. The monoisotopic (exact) mass is 127 g/mol. The summed E-state index contributed by atoms with van der Waals surface area (Å²) in [5.41, 5.74) is -0.514. The summed E-state index contributed by atoms with van der Waals surface area (Å²) in [6, 6.07) is 0. The van der Waals surface area contributed by atoms with Crippen LogP contribution in [0.5, 0.6) is 0 Å². The lowest BCUT2D eigenvalue weighted by molar-refractivity contribution is -0.164. The van der Waals surface area contributed by atoms with E-state index in [-0.39, 0.29) is 0 Å². The van der Waals surface area contributed by atoms with Crippen LogP contribution in [0.2, 0.25) is 0 Å². The Hall–Kier alpha value is -0.530. The summed E-state index contributed by atoms with van der Waals surface area (Å²) < 4.78 is 0. The van der Waals surface area contributed by atoms with Crippen LogP contribution in [-0.2, 0) is 9.90 Å². The quantitative estimate of drug-likeness (QED) is 0.524. The normalized spacial score (nSPS) is 41.8. The topological polar surface area (TPSA) is 37.0 Å². The standard InChI is InChI=1S/C7H11O2/c1-5-3-4-7(5,2)6(8)9/h5H,3-4H2,1-2H3. The molecule has 0 heterocycles. The van der Waals surface area contributed by atoms with Gasteiger partial charge < -0.3 is 0 Å². The molecule has 1 rings (SSSR count). The summed E-state index contributed by atoms with van der Waals surface area (Å²) in [6.07, 6.45) is 1.82. The Labute approximate surface area is 54.9 Å². The van der Waals surface area contributed by atoms with Gasteiger partial charge in [-0.3, -0.25) is 0 Å². The maximum atomic E-state index is 10.4. The van der Waals surface area contributed by atoms with Crippen LogP contribution in [0, 0.1) is 11.3 Å². The van der Waals surface area contributed by atoms with E-state index in [4.69, 9.17) is 0 Å². The fourth-order valence-electron chi connectivity index (χ4n) is 1.17. The Morgan fingerprint density at radius 2 is 2.22 bits per heavy atom. The second-order valence-corrected chi connectivity index (χ2v) is 3.14. The molecule has 0 bridgehead atoms. The maximum Gasteiger partial charge on any atom is 0.361 e. The Morgan fingerprint density at radius 3 is 2.22 bits per heavy atom. The van der Waals surface area contributed by atoms with Gasteiger partial charge in [-0.15, -0.1) is 0 Å². The van der Waals surface area contributed by atoms with Gasteiger partial charge in [-0.05, 0) is 25.7 Å². The van der Waals surface area contributed by atoms with Gasteiger partial charge in [-0.25, -0.2) is 9.90 Å². The molecule has 2 atom stereocenters. The molecule has 1 aliphatic rings. The van der Waals surface area contributed by atoms with Crippen LogP contribution in [0.15, 0.2) is 0 Å². The van der Waals surface area contributed by atoms with Crippen LogP contribution in [0.25, 0.3) is 0 Å². The zero-order valence-corrected chi connectivity index (χ0v) is 5.81. The second kappa shape index (κ2) is 1.72. The van der Waals surface area contributed by atoms with Crippen molar-refractivity contribution in [1.29, 1.82) is 0 Å². The molecule has 2 unspecified atom stereocenters. The fourth-order valence-corrected chi connectivity index (χ4v) is 1.17. The number of hydrogen-bond acceptors (Lipinski definition) is 1. The minimum atomic E-state index is -0.888. The number of carbonyl (C=O) groups excluding carboxylic acids is 1. The van der Waals surface area contributed by atoms with E-state index in [0.29, 0.717) is 5.92 Å². The average Bonchev–Trinajstić information content (AvgIpc) is 1.82. The summed E-state index contributed by atoms with van der Waals surface area (Å²) in [6.45, 7) is 3.72. The van der Waals surface area contributed by atoms with E-state index in [0.717, 1.165) is 12.8 Å². The van der Waals surface area contributed by atoms with Crippen LogP contribution in [0.4, 0.5) is 0 Å². The molecule has 2 heteroatoms. The number of hydrogen-bond donors (Lipinski definition) is 0. The first-order valence-electron chi connectivity index (χ1n) is 3.29. The molecule has 9 heavy (non-hydrogen) atoms. The van der Waals surface area contributed by atoms with Gasteiger partial charge in [0.1, 0.15) is 0 Å². The van der Waals surface area contributed by atoms with E-state index in [2.05, 4.69) is 0 Å². The maximum absolute atomic E-state index is 10.4. The molecule has 51 valence electrons. The van der Waals surface area contributed by atoms with E-state index in [1.165, 1.54) is 0 Å². The Bertz CT molecular complexity index is 142. The highest BCUT2D eigenvalue weighted by Crippen LogP contribution is 2.46. The first kappa shape index (κ1) is 6.59. The van der Waals surface area contributed by atoms with Crippen LogP contribution in [0.1, 0.15) is 26.7 Å². The van der Waals surface area contributed by atoms with Gasteiger partial charge in [-0.1, -0.05) is 6.92 Å². The summed E-state index contributed by atoms with van der Waals surface area (Å²) in [7, 11) is 0. The van der Waals surface area contributed by atoms with E-state index in [1.54, 1.807) is 6.92 Å². The molecule has 0 amide bonds. The average molecular weight is 127 g/mol. The third kappa shape index (κ3) is 0.732. The first-order valence-corrected chi connectivity index (χ1v) is 3.29. The molecule has 1 aliphatic carbocycles. The minimum Gasteiger partial charge on any atom is -0.247 e. The van der Waals surface area contributed by atoms with Gasteiger partial charge in [-0.2, -0.15) is 0 Å². The van der Waals surface area contributed by atoms with E-state index in [9.17, 15) is 9.90 Å². The molecule has 0 spiro atoms. The number of rotatable bonds is 1. The van der Waals surface area contributed by atoms with Gasteiger partial charge in [0, 0.05) is 0 Å². The van der Waals surface area contributed by atoms with Crippen LogP contribution in [-0.4, -0.2) is 5.97 Å². The molecular formula is C7H11O2. The minimum absolute atomic E-state index is 0.308. The first-order chi connectivity index (χ1) is 4.07. The molecule has 0 saturated heterocycles. The van der Waals surface area contributed by atoms with Crippen LogP contribution < -0.4 is 0 Å². The molecule has 0 aliphatic heterocycles. The van der Waals surface area contributed by atoms with Crippen molar-refractivity contribution in [3.63, 3.8) is 0 Å². The van der Waals surface area contributed by atoms with Crippen molar-refractivity contribution in [2.24, 2.45) is 11.3 Å². The van der Waals surface area contributed by atoms with E-state index >= 15 is 0 Å². The summed E-state index contributed by atoms with van der Waals surface area (Å²) in [5, 5.41) is 10.4. The predicted molar refractivity (Wildman–Crippen MR) is 32.2 cm³/mol. The number of carbonyl (C=O) groups is 1. The van der Waals surface area contributed by atoms with Gasteiger partial charge >= 0.3 is 5.97 Å². The largest absolute Gasteiger partial charge is 0.361 e. The van der Waals surface area contributed by atoms with Crippen molar-refractivity contribution in [2.75, 3.05) is 0 Å². The lowest BCUT2D eigenvalue weighted by Crippen LogP contribution is -2.41.